The second-order valence-corrected chi connectivity index (χ2v) is 5.91. The van der Waals surface area contributed by atoms with Gasteiger partial charge in [0, 0.05) is 41.6 Å². The zero-order valence-corrected chi connectivity index (χ0v) is 15.0. The molecule has 6 heteroatoms. The normalized spacial score (nSPS) is 10.7. The lowest BCUT2D eigenvalue weighted by molar-refractivity contribution is 0.323. The second-order valence-electron chi connectivity index (χ2n) is 5.91. The average molecular weight is 357 g/mol. The number of nitrogens with zero attached hydrogens (tertiary/aromatic N) is 4. The van der Waals surface area contributed by atoms with Crippen molar-refractivity contribution in [2.75, 3.05) is 11.9 Å². The lowest BCUT2D eigenvalue weighted by atomic mass is 10.2. The van der Waals surface area contributed by atoms with E-state index in [1.165, 1.54) is 0 Å². The highest BCUT2D eigenvalue weighted by Gasteiger charge is 2.11. The maximum atomic E-state index is 5.61. The van der Waals surface area contributed by atoms with E-state index in [-0.39, 0.29) is 0 Å². The van der Waals surface area contributed by atoms with Crippen LogP contribution >= 0.6 is 0 Å². The standard InChI is InChI=1S/C21H19N5O/c1-2-27-21-16(8-6-12-23-21)14-24-20-17-9-3-4-10-18(17)25-19(26-20)15-7-5-11-22-13-15/h3-13H,2,14H2,1H3,(H,24,25,26). The van der Waals surface area contributed by atoms with Gasteiger partial charge in [-0.15, -0.1) is 0 Å². The molecule has 27 heavy (non-hydrogen) atoms. The molecule has 0 aliphatic carbocycles. The number of rotatable bonds is 6. The molecule has 0 radical (unpaired) electrons. The van der Waals surface area contributed by atoms with Crippen LogP contribution in [0.1, 0.15) is 12.5 Å². The molecule has 0 unspecified atom stereocenters. The molecule has 0 spiro atoms. The van der Waals surface area contributed by atoms with E-state index in [0.29, 0.717) is 24.9 Å². The first-order valence-corrected chi connectivity index (χ1v) is 8.83. The van der Waals surface area contributed by atoms with Gasteiger partial charge in [-0.3, -0.25) is 4.98 Å². The predicted molar refractivity (Wildman–Crippen MR) is 106 cm³/mol. The number of ether oxygens (including phenoxy) is 1. The van der Waals surface area contributed by atoms with Crippen molar-refractivity contribution >= 4 is 16.7 Å². The van der Waals surface area contributed by atoms with Gasteiger partial charge in [0.2, 0.25) is 5.88 Å². The summed E-state index contributed by atoms with van der Waals surface area (Å²) in [6, 6.07) is 15.7. The molecular weight excluding hydrogens is 338 g/mol. The third-order valence-electron chi connectivity index (χ3n) is 4.10. The summed E-state index contributed by atoms with van der Waals surface area (Å²) in [7, 11) is 0. The van der Waals surface area contributed by atoms with E-state index in [9.17, 15) is 0 Å². The van der Waals surface area contributed by atoms with Crippen LogP contribution in [0.2, 0.25) is 0 Å². The number of hydrogen-bond donors (Lipinski definition) is 1. The van der Waals surface area contributed by atoms with Crippen molar-refractivity contribution in [3.63, 3.8) is 0 Å². The van der Waals surface area contributed by atoms with Crippen molar-refractivity contribution in [1.82, 2.24) is 19.9 Å². The maximum absolute atomic E-state index is 5.61. The Kier molecular flexibility index (Phi) is 4.87. The highest BCUT2D eigenvalue weighted by Crippen LogP contribution is 2.25. The molecule has 6 nitrogen and oxygen atoms in total. The van der Waals surface area contributed by atoms with Crippen LogP contribution in [0.15, 0.2) is 67.1 Å². The van der Waals surface area contributed by atoms with Crippen molar-refractivity contribution in [2.24, 2.45) is 0 Å². The van der Waals surface area contributed by atoms with Crippen molar-refractivity contribution in [3.05, 3.63) is 72.7 Å². The van der Waals surface area contributed by atoms with Gasteiger partial charge in [0.25, 0.3) is 0 Å². The Morgan fingerprint density at radius 1 is 0.963 bits per heavy atom. The Morgan fingerprint density at radius 3 is 2.70 bits per heavy atom. The Bertz CT molecular complexity index is 1050. The lowest BCUT2D eigenvalue weighted by Crippen LogP contribution is -2.07. The first-order chi connectivity index (χ1) is 13.3. The fourth-order valence-corrected chi connectivity index (χ4v) is 2.84. The summed E-state index contributed by atoms with van der Waals surface area (Å²) in [5.74, 6) is 2.05. The maximum Gasteiger partial charge on any atom is 0.218 e. The zero-order valence-electron chi connectivity index (χ0n) is 15.0. The van der Waals surface area contributed by atoms with E-state index in [4.69, 9.17) is 9.72 Å². The average Bonchev–Trinajstić information content (AvgIpc) is 2.73. The first kappa shape index (κ1) is 16.9. The SMILES string of the molecule is CCOc1ncccc1CNc1nc(-c2cccnc2)nc2ccccc12. The molecule has 0 saturated carbocycles. The number of nitrogens with one attached hydrogen (secondary N) is 1. The molecule has 0 saturated heterocycles. The summed E-state index contributed by atoms with van der Waals surface area (Å²) < 4.78 is 5.61. The molecule has 3 heterocycles. The predicted octanol–water partition coefficient (Wildman–Crippen LogP) is 4.10. The molecule has 3 aromatic heterocycles. The summed E-state index contributed by atoms with van der Waals surface area (Å²) >= 11 is 0. The van der Waals surface area contributed by atoms with Gasteiger partial charge in [-0.05, 0) is 37.3 Å². The van der Waals surface area contributed by atoms with Gasteiger partial charge in [-0.1, -0.05) is 18.2 Å². The van der Waals surface area contributed by atoms with Gasteiger partial charge < -0.3 is 10.1 Å². The Balaban J connectivity index is 1.71. The van der Waals surface area contributed by atoms with Crippen molar-refractivity contribution in [1.29, 1.82) is 0 Å². The summed E-state index contributed by atoms with van der Waals surface area (Å²) in [6.45, 7) is 3.08. The monoisotopic (exact) mass is 357 g/mol. The number of aromatic nitrogens is 4. The molecule has 4 aromatic rings. The van der Waals surface area contributed by atoms with E-state index < -0.39 is 0 Å². The van der Waals surface area contributed by atoms with Gasteiger partial charge in [-0.25, -0.2) is 15.0 Å². The summed E-state index contributed by atoms with van der Waals surface area (Å²) in [5, 5.41) is 4.39. The highest BCUT2D eigenvalue weighted by molar-refractivity contribution is 5.90. The smallest absolute Gasteiger partial charge is 0.218 e. The largest absolute Gasteiger partial charge is 0.478 e. The number of benzene rings is 1. The van der Waals surface area contributed by atoms with E-state index >= 15 is 0 Å². The fourth-order valence-electron chi connectivity index (χ4n) is 2.84. The van der Waals surface area contributed by atoms with Crippen molar-refractivity contribution in [3.8, 4) is 17.3 Å². The quantitative estimate of drug-likeness (QED) is 0.560. The number of hydrogen-bond acceptors (Lipinski definition) is 6. The van der Waals surface area contributed by atoms with E-state index in [0.717, 1.165) is 27.8 Å². The van der Waals surface area contributed by atoms with Crippen molar-refractivity contribution < 1.29 is 4.74 Å². The van der Waals surface area contributed by atoms with Gasteiger partial charge >= 0.3 is 0 Å². The topological polar surface area (TPSA) is 72.8 Å². The highest BCUT2D eigenvalue weighted by atomic mass is 16.5. The third-order valence-corrected chi connectivity index (χ3v) is 4.10. The summed E-state index contributed by atoms with van der Waals surface area (Å²) in [5.41, 5.74) is 2.73. The Hall–Kier alpha value is -3.54. The lowest BCUT2D eigenvalue weighted by Gasteiger charge is -2.13. The van der Waals surface area contributed by atoms with E-state index in [1.807, 2.05) is 55.5 Å². The molecule has 0 fully saturated rings. The van der Waals surface area contributed by atoms with Gasteiger partial charge in [0.1, 0.15) is 5.82 Å². The molecule has 1 N–H and O–H groups in total. The van der Waals surface area contributed by atoms with Crippen LogP contribution in [0, 0.1) is 0 Å². The van der Waals surface area contributed by atoms with Crippen LogP contribution < -0.4 is 10.1 Å². The Morgan fingerprint density at radius 2 is 1.85 bits per heavy atom. The van der Waals surface area contributed by atoms with Crippen LogP contribution in [-0.2, 0) is 6.54 Å². The number of para-hydroxylation sites is 1. The first-order valence-electron chi connectivity index (χ1n) is 8.83. The Labute approximate surface area is 157 Å². The fraction of sp³-hybridized carbons (Fsp3) is 0.143. The number of fused-ring (bicyclic) bond motifs is 1. The second kappa shape index (κ2) is 7.78. The third kappa shape index (κ3) is 3.69. The molecule has 0 aliphatic heterocycles. The van der Waals surface area contributed by atoms with Crippen LogP contribution in [0.3, 0.4) is 0 Å². The summed E-state index contributed by atoms with van der Waals surface area (Å²) in [4.78, 5) is 17.9. The molecule has 134 valence electrons. The van der Waals surface area contributed by atoms with E-state index in [2.05, 4.69) is 20.3 Å². The zero-order chi connectivity index (χ0) is 18.5. The minimum atomic E-state index is 0.552. The van der Waals surface area contributed by atoms with Crippen LogP contribution in [0.5, 0.6) is 5.88 Å². The molecule has 1 aromatic carbocycles. The van der Waals surface area contributed by atoms with Gasteiger partial charge in [0.05, 0.1) is 12.1 Å². The van der Waals surface area contributed by atoms with Crippen molar-refractivity contribution in [2.45, 2.75) is 13.5 Å². The molecule has 0 amide bonds. The minimum absolute atomic E-state index is 0.552. The molecular formula is C21H19N5O. The van der Waals surface area contributed by atoms with Crippen LogP contribution in [-0.4, -0.2) is 26.5 Å². The van der Waals surface area contributed by atoms with Crippen LogP contribution in [0.25, 0.3) is 22.3 Å². The molecule has 0 aliphatic rings. The van der Waals surface area contributed by atoms with Gasteiger partial charge in [-0.2, -0.15) is 0 Å². The minimum Gasteiger partial charge on any atom is -0.478 e. The number of anilines is 1. The molecule has 4 rings (SSSR count). The van der Waals surface area contributed by atoms with Gasteiger partial charge in [0.15, 0.2) is 5.82 Å². The molecule has 0 atom stereocenters. The summed E-state index contributed by atoms with van der Waals surface area (Å²) in [6.07, 6.45) is 5.23. The van der Waals surface area contributed by atoms with E-state index in [1.54, 1.807) is 18.6 Å². The number of pyridine rings is 2. The van der Waals surface area contributed by atoms with Crippen LogP contribution in [0.4, 0.5) is 5.82 Å². The molecule has 0 bridgehead atoms.